The Hall–Kier alpha value is -2.07. The minimum absolute atomic E-state index is 0.246. The summed E-state index contributed by atoms with van der Waals surface area (Å²) in [6.45, 7) is 0.688. The van der Waals surface area contributed by atoms with E-state index in [0.29, 0.717) is 17.9 Å². The second kappa shape index (κ2) is 5.74. The van der Waals surface area contributed by atoms with Crippen molar-refractivity contribution in [2.45, 2.75) is 12.5 Å². The fourth-order valence-corrected chi connectivity index (χ4v) is 2.82. The van der Waals surface area contributed by atoms with Crippen LogP contribution in [0.1, 0.15) is 22.7 Å². The first-order valence-corrected chi connectivity index (χ1v) is 7.00. The van der Waals surface area contributed by atoms with E-state index in [2.05, 4.69) is 11.4 Å². The van der Waals surface area contributed by atoms with Gasteiger partial charge in [-0.25, -0.2) is 4.39 Å². The van der Waals surface area contributed by atoms with Gasteiger partial charge < -0.3 is 14.8 Å². The van der Waals surface area contributed by atoms with Gasteiger partial charge in [-0.05, 0) is 18.7 Å². The largest absolute Gasteiger partial charge is 0.497 e. The molecule has 1 unspecified atom stereocenters. The number of hydrogen-bond donors (Lipinski definition) is 1. The van der Waals surface area contributed by atoms with E-state index in [-0.39, 0.29) is 11.9 Å². The number of halogens is 1. The lowest BCUT2D eigenvalue weighted by molar-refractivity contribution is 0.350. The Morgan fingerprint density at radius 3 is 2.81 bits per heavy atom. The van der Waals surface area contributed by atoms with Gasteiger partial charge in [0.15, 0.2) is 0 Å². The molecule has 0 radical (unpaired) electrons. The van der Waals surface area contributed by atoms with Crippen LogP contribution in [0, 0.1) is 5.82 Å². The Bertz CT molecular complexity index is 657. The molecule has 110 valence electrons. The molecule has 1 atom stereocenters. The van der Waals surface area contributed by atoms with Crippen LogP contribution in [0.5, 0.6) is 11.5 Å². The summed E-state index contributed by atoms with van der Waals surface area (Å²) in [7, 11) is 3.35. The van der Waals surface area contributed by atoms with Gasteiger partial charge in [0.2, 0.25) is 0 Å². The van der Waals surface area contributed by atoms with E-state index in [1.54, 1.807) is 12.1 Å². The van der Waals surface area contributed by atoms with Gasteiger partial charge in [-0.1, -0.05) is 24.3 Å². The van der Waals surface area contributed by atoms with Crippen molar-refractivity contribution in [3.05, 3.63) is 58.9 Å². The second-order valence-electron chi connectivity index (χ2n) is 5.04. The van der Waals surface area contributed by atoms with Crippen molar-refractivity contribution >= 4 is 0 Å². The molecule has 4 heteroatoms. The number of nitrogens with one attached hydrogen (secondary N) is 1. The topological polar surface area (TPSA) is 30.5 Å². The normalized spacial score (nSPS) is 14.4. The van der Waals surface area contributed by atoms with Crippen LogP contribution in [0.3, 0.4) is 0 Å². The fourth-order valence-electron chi connectivity index (χ4n) is 2.82. The molecule has 1 heterocycles. The maximum absolute atomic E-state index is 14.4. The summed E-state index contributed by atoms with van der Waals surface area (Å²) in [5.74, 6) is 1.11. The Labute approximate surface area is 123 Å². The van der Waals surface area contributed by atoms with Gasteiger partial charge in [-0.2, -0.15) is 0 Å². The highest BCUT2D eigenvalue weighted by molar-refractivity contribution is 5.49. The van der Waals surface area contributed by atoms with Crippen molar-refractivity contribution in [2.75, 3.05) is 20.8 Å². The maximum Gasteiger partial charge on any atom is 0.132 e. The quantitative estimate of drug-likeness (QED) is 0.937. The van der Waals surface area contributed by atoms with E-state index in [4.69, 9.17) is 9.47 Å². The molecule has 0 fully saturated rings. The molecule has 0 aliphatic carbocycles. The Morgan fingerprint density at radius 2 is 2.10 bits per heavy atom. The predicted molar refractivity (Wildman–Crippen MR) is 79.5 cm³/mol. The average Bonchev–Trinajstić information content (AvgIpc) is 2.98. The van der Waals surface area contributed by atoms with Gasteiger partial charge in [-0.3, -0.25) is 0 Å². The standard InChI is InChI=1S/C17H18FNO2/c1-19-16(13-7-6-12(20-2)10-15(13)18)14-5-3-4-11-8-9-21-17(11)14/h3-7,10,16,19H,8-9H2,1-2H3. The molecular weight excluding hydrogens is 269 g/mol. The molecule has 1 aliphatic heterocycles. The van der Waals surface area contributed by atoms with Crippen molar-refractivity contribution in [2.24, 2.45) is 0 Å². The third-order valence-corrected chi connectivity index (χ3v) is 3.86. The maximum atomic E-state index is 14.4. The first-order valence-electron chi connectivity index (χ1n) is 7.00. The van der Waals surface area contributed by atoms with E-state index in [1.165, 1.54) is 18.7 Å². The molecular formula is C17H18FNO2. The van der Waals surface area contributed by atoms with E-state index in [0.717, 1.165) is 17.7 Å². The highest BCUT2D eigenvalue weighted by Crippen LogP contribution is 2.37. The number of methoxy groups -OCH3 is 1. The lowest BCUT2D eigenvalue weighted by Crippen LogP contribution is -2.19. The van der Waals surface area contributed by atoms with Crippen molar-refractivity contribution in [3.8, 4) is 11.5 Å². The van der Waals surface area contributed by atoms with Gasteiger partial charge in [0.05, 0.1) is 19.8 Å². The monoisotopic (exact) mass is 287 g/mol. The number of rotatable bonds is 4. The van der Waals surface area contributed by atoms with Crippen LogP contribution in [0.25, 0.3) is 0 Å². The van der Waals surface area contributed by atoms with Crippen LogP contribution in [0.15, 0.2) is 36.4 Å². The Balaban J connectivity index is 2.05. The third-order valence-electron chi connectivity index (χ3n) is 3.86. The lowest BCUT2D eigenvalue weighted by atomic mass is 9.95. The van der Waals surface area contributed by atoms with Crippen LogP contribution in [-0.4, -0.2) is 20.8 Å². The molecule has 0 spiro atoms. The predicted octanol–water partition coefficient (Wildman–Crippen LogP) is 3.08. The lowest BCUT2D eigenvalue weighted by Gasteiger charge is -2.20. The van der Waals surface area contributed by atoms with E-state index in [1.807, 2.05) is 19.2 Å². The highest BCUT2D eigenvalue weighted by Gasteiger charge is 2.24. The molecule has 3 rings (SSSR count). The smallest absolute Gasteiger partial charge is 0.132 e. The second-order valence-corrected chi connectivity index (χ2v) is 5.04. The third kappa shape index (κ3) is 2.47. The average molecular weight is 287 g/mol. The van der Waals surface area contributed by atoms with Gasteiger partial charge in [0.1, 0.15) is 17.3 Å². The van der Waals surface area contributed by atoms with Crippen LogP contribution in [-0.2, 0) is 6.42 Å². The summed E-state index contributed by atoms with van der Waals surface area (Å²) >= 11 is 0. The molecule has 0 amide bonds. The summed E-state index contributed by atoms with van der Waals surface area (Å²) in [6.07, 6.45) is 0.907. The van der Waals surface area contributed by atoms with E-state index >= 15 is 0 Å². The van der Waals surface area contributed by atoms with Crippen molar-refractivity contribution < 1.29 is 13.9 Å². The molecule has 1 aliphatic rings. The minimum Gasteiger partial charge on any atom is -0.497 e. The van der Waals surface area contributed by atoms with Crippen LogP contribution < -0.4 is 14.8 Å². The summed E-state index contributed by atoms with van der Waals surface area (Å²) in [5.41, 5.74) is 2.74. The zero-order valence-corrected chi connectivity index (χ0v) is 12.2. The number of ether oxygens (including phenoxy) is 2. The van der Waals surface area contributed by atoms with Crippen LogP contribution in [0.2, 0.25) is 0 Å². The highest BCUT2D eigenvalue weighted by atomic mass is 19.1. The van der Waals surface area contributed by atoms with Crippen molar-refractivity contribution in [1.29, 1.82) is 0 Å². The van der Waals surface area contributed by atoms with E-state index in [9.17, 15) is 4.39 Å². The first-order chi connectivity index (χ1) is 10.2. The zero-order chi connectivity index (χ0) is 14.8. The molecule has 3 nitrogen and oxygen atoms in total. The molecule has 2 aromatic carbocycles. The van der Waals surface area contributed by atoms with Crippen LogP contribution in [0.4, 0.5) is 4.39 Å². The van der Waals surface area contributed by atoms with Crippen molar-refractivity contribution in [3.63, 3.8) is 0 Å². The molecule has 1 N–H and O–H groups in total. The number of benzene rings is 2. The van der Waals surface area contributed by atoms with Crippen LogP contribution >= 0.6 is 0 Å². The number of hydrogen-bond acceptors (Lipinski definition) is 3. The molecule has 2 aromatic rings. The molecule has 0 saturated carbocycles. The Morgan fingerprint density at radius 1 is 1.24 bits per heavy atom. The van der Waals surface area contributed by atoms with Crippen molar-refractivity contribution in [1.82, 2.24) is 5.32 Å². The summed E-state index contributed by atoms with van der Waals surface area (Å²) in [6, 6.07) is 10.7. The Kier molecular flexibility index (Phi) is 3.80. The van der Waals surface area contributed by atoms with Gasteiger partial charge in [-0.15, -0.1) is 0 Å². The zero-order valence-electron chi connectivity index (χ0n) is 12.2. The fraction of sp³-hybridized carbons (Fsp3) is 0.294. The van der Waals surface area contributed by atoms with E-state index < -0.39 is 0 Å². The first kappa shape index (κ1) is 13.9. The molecule has 0 bridgehead atoms. The summed E-state index contributed by atoms with van der Waals surface area (Å²) < 4.78 is 25.1. The van der Waals surface area contributed by atoms with Gasteiger partial charge >= 0.3 is 0 Å². The molecule has 0 aromatic heterocycles. The number of fused-ring (bicyclic) bond motifs is 1. The molecule has 21 heavy (non-hydrogen) atoms. The molecule has 0 saturated heterocycles. The van der Waals surface area contributed by atoms with Gasteiger partial charge in [0.25, 0.3) is 0 Å². The number of para-hydroxylation sites is 1. The van der Waals surface area contributed by atoms with Gasteiger partial charge in [0, 0.05) is 23.6 Å². The SMILES string of the molecule is CNC(c1ccc(OC)cc1F)c1cccc2c1OCC2. The minimum atomic E-state index is -0.288. The summed E-state index contributed by atoms with van der Waals surface area (Å²) in [4.78, 5) is 0. The summed E-state index contributed by atoms with van der Waals surface area (Å²) in [5, 5.41) is 3.18.